The second-order valence-corrected chi connectivity index (χ2v) is 5.84. The molecule has 3 heteroatoms. The highest BCUT2D eigenvalue weighted by Crippen LogP contribution is 2.30. The van der Waals surface area contributed by atoms with Crippen LogP contribution in [-0.2, 0) is 6.42 Å². The Bertz CT molecular complexity index is 556. The van der Waals surface area contributed by atoms with Crippen LogP contribution in [0, 0.1) is 17.6 Å². The van der Waals surface area contributed by atoms with Crippen LogP contribution < -0.4 is 0 Å². The molecular formula is C17H17ClF2. The molecule has 2 aromatic rings. The average molecular weight is 295 g/mol. The van der Waals surface area contributed by atoms with Crippen molar-refractivity contribution in [3.8, 4) is 0 Å². The lowest BCUT2D eigenvalue weighted by Gasteiger charge is -2.12. The van der Waals surface area contributed by atoms with Gasteiger partial charge in [0.05, 0.1) is 5.38 Å². The molecule has 0 amide bonds. The Balaban J connectivity index is 2.22. The molecule has 0 N–H and O–H groups in total. The lowest BCUT2D eigenvalue weighted by Crippen LogP contribution is -1.98. The fourth-order valence-corrected chi connectivity index (χ4v) is 2.48. The Morgan fingerprint density at radius 3 is 1.95 bits per heavy atom. The molecule has 1 atom stereocenters. The van der Waals surface area contributed by atoms with Gasteiger partial charge in [0.15, 0.2) is 0 Å². The summed E-state index contributed by atoms with van der Waals surface area (Å²) in [6.45, 7) is 4.32. The van der Waals surface area contributed by atoms with Crippen LogP contribution in [0.3, 0.4) is 0 Å². The minimum absolute atomic E-state index is 0.431. The number of rotatable bonds is 4. The molecule has 0 heterocycles. The van der Waals surface area contributed by atoms with Gasteiger partial charge in [-0.2, -0.15) is 0 Å². The lowest BCUT2D eigenvalue weighted by atomic mass is 9.99. The average Bonchev–Trinajstić information content (AvgIpc) is 2.37. The zero-order valence-electron chi connectivity index (χ0n) is 11.5. The number of benzene rings is 2. The second-order valence-electron chi connectivity index (χ2n) is 5.40. The van der Waals surface area contributed by atoms with Gasteiger partial charge in [-0.15, -0.1) is 11.6 Å². The van der Waals surface area contributed by atoms with Gasteiger partial charge in [-0.25, -0.2) is 8.78 Å². The van der Waals surface area contributed by atoms with Gasteiger partial charge < -0.3 is 0 Å². The molecule has 0 aliphatic heterocycles. The lowest BCUT2D eigenvalue weighted by molar-refractivity contribution is 0.580. The number of hydrogen-bond acceptors (Lipinski definition) is 0. The van der Waals surface area contributed by atoms with Crippen molar-refractivity contribution >= 4 is 11.6 Å². The maximum Gasteiger partial charge on any atom is 0.126 e. The first-order valence-electron chi connectivity index (χ1n) is 6.64. The molecule has 0 aromatic heterocycles. The first-order chi connectivity index (χ1) is 9.45. The molecule has 0 nitrogen and oxygen atoms in total. The summed E-state index contributed by atoms with van der Waals surface area (Å²) >= 11 is 6.30. The molecule has 2 aromatic carbocycles. The summed E-state index contributed by atoms with van der Waals surface area (Å²) in [6.07, 6.45) is 1.00. The third-order valence-corrected chi connectivity index (χ3v) is 3.60. The van der Waals surface area contributed by atoms with E-state index < -0.39 is 17.0 Å². The summed E-state index contributed by atoms with van der Waals surface area (Å²) in [5.74, 6) is -0.630. The van der Waals surface area contributed by atoms with Crippen LogP contribution in [0.2, 0.25) is 0 Å². The maximum absolute atomic E-state index is 13.2. The number of hydrogen-bond donors (Lipinski definition) is 0. The van der Waals surface area contributed by atoms with Crippen molar-refractivity contribution in [3.05, 3.63) is 70.8 Å². The first-order valence-corrected chi connectivity index (χ1v) is 7.08. The molecule has 2 rings (SSSR count). The molecule has 1 unspecified atom stereocenters. The van der Waals surface area contributed by atoms with Crippen LogP contribution in [0.15, 0.2) is 42.5 Å². The summed E-state index contributed by atoms with van der Waals surface area (Å²) in [6, 6.07) is 11.2. The second kappa shape index (κ2) is 6.36. The standard InChI is InChI=1S/C17H17ClF2/c1-11(2)7-12-3-5-13(6-4-12)17(18)14-8-15(19)10-16(20)9-14/h3-6,8-11,17H,7H2,1-2H3. The van der Waals surface area contributed by atoms with Gasteiger partial charge in [0.1, 0.15) is 11.6 Å². The van der Waals surface area contributed by atoms with Gasteiger partial charge in [0, 0.05) is 6.07 Å². The van der Waals surface area contributed by atoms with Crippen LogP contribution in [0.5, 0.6) is 0 Å². The zero-order chi connectivity index (χ0) is 14.7. The quantitative estimate of drug-likeness (QED) is 0.654. The highest BCUT2D eigenvalue weighted by atomic mass is 35.5. The van der Waals surface area contributed by atoms with E-state index in [1.165, 1.54) is 17.7 Å². The van der Waals surface area contributed by atoms with Gasteiger partial charge >= 0.3 is 0 Å². The topological polar surface area (TPSA) is 0 Å². The van der Waals surface area contributed by atoms with Crippen molar-refractivity contribution < 1.29 is 8.78 Å². The minimum atomic E-state index is -0.609. The van der Waals surface area contributed by atoms with Crippen LogP contribution in [0.4, 0.5) is 8.78 Å². The third-order valence-electron chi connectivity index (χ3n) is 3.09. The van der Waals surface area contributed by atoms with E-state index in [1.807, 2.05) is 24.3 Å². The predicted molar refractivity (Wildman–Crippen MR) is 79.0 cm³/mol. The Hall–Kier alpha value is -1.41. The number of alkyl halides is 1. The van der Waals surface area contributed by atoms with E-state index in [9.17, 15) is 8.78 Å². The summed E-state index contributed by atoms with van der Waals surface area (Å²) in [7, 11) is 0. The summed E-state index contributed by atoms with van der Waals surface area (Å²) in [4.78, 5) is 0. The van der Waals surface area contributed by atoms with Gasteiger partial charge in [-0.05, 0) is 41.2 Å². The smallest absolute Gasteiger partial charge is 0.126 e. The molecule has 0 aliphatic carbocycles. The zero-order valence-corrected chi connectivity index (χ0v) is 12.3. The van der Waals surface area contributed by atoms with E-state index in [4.69, 9.17) is 11.6 Å². The van der Waals surface area contributed by atoms with Crippen molar-refractivity contribution in [2.24, 2.45) is 5.92 Å². The van der Waals surface area contributed by atoms with Crippen LogP contribution in [0.25, 0.3) is 0 Å². The predicted octanol–water partition coefficient (Wildman–Crippen LogP) is 5.49. The van der Waals surface area contributed by atoms with Crippen LogP contribution in [-0.4, -0.2) is 0 Å². The van der Waals surface area contributed by atoms with Crippen molar-refractivity contribution in [1.82, 2.24) is 0 Å². The maximum atomic E-state index is 13.2. The van der Waals surface area contributed by atoms with Crippen molar-refractivity contribution in [2.45, 2.75) is 25.6 Å². The highest BCUT2D eigenvalue weighted by Gasteiger charge is 2.13. The molecule has 0 bridgehead atoms. The Morgan fingerprint density at radius 1 is 0.900 bits per heavy atom. The van der Waals surface area contributed by atoms with Crippen molar-refractivity contribution in [1.29, 1.82) is 0 Å². The summed E-state index contributed by atoms with van der Waals surface area (Å²) in [5.41, 5.74) is 2.50. The van der Waals surface area contributed by atoms with E-state index >= 15 is 0 Å². The molecule has 0 aliphatic rings. The largest absolute Gasteiger partial charge is 0.207 e. The Morgan fingerprint density at radius 2 is 1.45 bits per heavy atom. The van der Waals surface area contributed by atoms with E-state index in [0.29, 0.717) is 11.5 Å². The number of halogens is 3. The van der Waals surface area contributed by atoms with Gasteiger partial charge in [-0.1, -0.05) is 38.1 Å². The van der Waals surface area contributed by atoms with E-state index in [2.05, 4.69) is 13.8 Å². The Labute approximate surface area is 123 Å². The molecule has 0 fully saturated rings. The summed E-state index contributed by atoms with van der Waals surface area (Å²) < 4.78 is 26.4. The first kappa shape index (κ1) is 15.0. The van der Waals surface area contributed by atoms with Crippen LogP contribution in [0.1, 0.15) is 35.9 Å². The molecular weight excluding hydrogens is 278 g/mol. The fraction of sp³-hybridized carbons (Fsp3) is 0.294. The minimum Gasteiger partial charge on any atom is -0.207 e. The highest BCUT2D eigenvalue weighted by molar-refractivity contribution is 6.22. The third kappa shape index (κ3) is 3.80. The van der Waals surface area contributed by atoms with Crippen LogP contribution >= 0.6 is 11.6 Å². The van der Waals surface area contributed by atoms with E-state index in [1.54, 1.807) is 0 Å². The Kier molecular flexibility index (Phi) is 4.77. The summed E-state index contributed by atoms with van der Waals surface area (Å²) in [5, 5.41) is -0.548. The molecule has 0 saturated heterocycles. The molecule has 0 saturated carbocycles. The van der Waals surface area contributed by atoms with Crippen molar-refractivity contribution in [3.63, 3.8) is 0 Å². The molecule has 20 heavy (non-hydrogen) atoms. The molecule has 106 valence electrons. The van der Waals surface area contributed by atoms with E-state index in [-0.39, 0.29) is 0 Å². The van der Waals surface area contributed by atoms with Crippen molar-refractivity contribution in [2.75, 3.05) is 0 Å². The monoisotopic (exact) mass is 294 g/mol. The SMILES string of the molecule is CC(C)Cc1ccc(C(Cl)c2cc(F)cc(F)c2)cc1. The molecule has 0 spiro atoms. The normalized spacial score (nSPS) is 12.7. The molecule has 0 radical (unpaired) electrons. The van der Waals surface area contributed by atoms with Gasteiger partial charge in [0.2, 0.25) is 0 Å². The van der Waals surface area contributed by atoms with Gasteiger partial charge in [0.25, 0.3) is 0 Å². The fourth-order valence-electron chi connectivity index (χ4n) is 2.21. The van der Waals surface area contributed by atoms with E-state index in [0.717, 1.165) is 18.1 Å². The van der Waals surface area contributed by atoms with Gasteiger partial charge in [-0.3, -0.25) is 0 Å².